The summed E-state index contributed by atoms with van der Waals surface area (Å²) in [7, 11) is 0. The highest BCUT2D eigenvalue weighted by molar-refractivity contribution is 5.80. The summed E-state index contributed by atoms with van der Waals surface area (Å²) in [6.45, 7) is 0. The van der Waals surface area contributed by atoms with Gasteiger partial charge in [-0.2, -0.15) is 0 Å². The number of nitrogens with one attached hydrogen (secondary N) is 1. The Bertz CT molecular complexity index is 517. The highest BCUT2D eigenvalue weighted by atomic mass is 16.2. The van der Waals surface area contributed by atoms with Gasteiger partial charge in [0.1, 0.15) is 0 Å². The van der Waals surface area contributed by atoms with E-state index >= 15 is 0 Å². The lowest BCUT2D eigenvalue weighted by Gasteiger charge is -2.21. The molecular formula is C16H20N2O. The lowest BCUT2D eigenvalue weighted by Crippen LogP contribution is -2.40. The van der Waals surface area contributed by atoms with Gasteiger partial charge in [0.2, 0.25) is 5.91 Å². The summed E-state index contributed by atoms with van der Waals surface area (Å²) in [6, 6.07) is 8.32. The van der Waals surface area contributed by atoms with Crippen LogP contribution in [-0.4, -0.2) is 11.9 Å². The zero-order chi connectivity index (χ0) is 13.0. The molecule has 100 valence electrons. The van der Waals surface area contributed by atoms with Gasteiger partial charge in [0.25, 0.3) is 0 Å². The molecule has 0 saturated heterocycles. The summed E-state index contributed by atoms with van der Waals surface area (Å²) in [5, 5.41) is 3.20. The largest absolute Gasteiger partial charge is 0.347 e. The molecule has 3 aliphatic carbocycles. The summed E-state index contributed by atoms with van der Waals surface area (Å²) in [5.74, 6) is 2.16. The van der Waals surface area contributed by atoms with Crippen LogP contribution in [0.15, 0.2) is 24.3 Å². The predicted molar refractivity (Wildman–Crippen MR) is 73.3 cm³/mol. The van der Waals surface area contributed by atoms with Crippen LogP contribution >= 0.6 is 0 Å². The molecule has 19 heavy (non-hydrogen) atoms. The van der Waals surface area contributed by atoms with Crippen LogP contribution < -0.4 is 11.1 Å². The van der Waals surface area contributed by atoms with Crippen molar-refractivity contribution in [2.45, 2.75) is 37.8 Å². The zero-order valence-electron chi connectivity index (χ0n) is 11.0. The fourth-order valence-electron chi connectivity index (χ4n) is 4.01. The molecule has 4 rings (SSSR count). The number of fused-ring (bicyclic) bond motifs is 2. The first kappa shape index (κ1) is 11.5. The van der Waals surface area contributed by atoms with Crippen LogP contribution in [0, 0.1) is 17.8 Å². The Balaban J connectivity index is 1.49. The monoisotopic (exact) mass is 256 g/mol. The number of rotatable bonds is 2. The van der Waals surface area contributed by atoms with Gasteiger partial charge in [-0.3, -0.25) is 4.79 Å². The maximum absolute atomic E-state index is 12.4. The normalized spacial score (nSPS) is 38.7. The average Bonchev–Trinajstić information content (AvgIpc) is 2.89. The van der Waals surface area contributed by atoms with Crippen LogP contribution in [0.4, 0.5) is 0 Å². The number of benzene rings is 1. The van der Waals surface area contributed by atoms with Crippen LogP contribution in [0.25, 0.3) is 0 Å². The van der Waals surface area contributed by atoms with E-state index in [1.54, 1.807) is 0 Å². The van der Waals surface area contributed by atoms with E-state index in [4.69, 9.17) is 5.73 Å². The molecule has 1 aromatic carbocycles. The highest BCUT2D eigenvalue weighted by Gasteiger charge is 2.48. The van der Waals surface area contributed by atoms with Crippen molar-refractivity contribution in [2.75, 3.05) is 0 Å². The number of hydrogen-bond acceptors (Lipinski definition) is 2. The summed E-state index contributed by atoms with van der Waals surface area (Å²) >= 11 is 0. The molecule has 3 nitrogen and oxygen atoms in total. The Kier molecular flexibility index (Phi) is 2.46. The van der Waals surface area contributed by atoms with E-state index < -0.39 is 0 Å². The van der Waals surface area contributed by atoms with Gasteiger partial charge >= 0.3 is 0 Å². The van der Waals surface area contributed by atoms with Crippen LogP contribution in [0.1, 0.15) is 36.4 Å². The smallest absolute Gasteiger partial charge is 0.223 e. The number of amides is 1. The third kappa shape index (κ3) is 1.88. The van der Waals surface area contributed by atoms with Crippen molar-refractivity contribution in [3.63, 3.8) is 0 Å². The molecular weight excluding hydrogens is 236 g/mol. The van der Waals surface area contributed by atoms with E-state index in [-0.39, 0.29) is 23.9 Å². The van der Waals surface area contributed by atoms with Crippen LogP contribution in [-0.2, 0) is 11.2 Å². The second-order valence-electron chi connectivity index (χ2n) is 6.48. The Labute approximate surface area is 113 Å². The van der Waals surface area contributed by atoms with Crippen LogP contribution in [0.3, 0.4) is 0 Å². The maximum atomic E-state index is 12.4. The second kappa shape index (κ2) is 4.07. The summed E-state index contributed by atoms with van der Waals surface area (Å²) in [4.78, 5) is 12.4. The molecule has 1 amide bonds. The molecule has 1 aromatic rings. The average molecular weight is 256 g/mol. The van der Waals surface area contributed by atoms with Gasteiger partial charge in [-0.05, 0) is 48.6 Å². The SMILES string of the molecule is NC1Cc2ccccc2C1NC(=O)C1CC2CC2C1. The molecule has 0 aliphatic heterocycles. The quantitative estimate of drug-likeness (QED) is 0.847. The molecule has 2 saturated carbocycles. The van der Waals surface area contributed by atoms with Crippen molar-refractivity contribution in [3.8, 4) is 0 Å². The number of nitrogens with two attached hydrogens (primary N) is 1. The van der Waals surface area contributed by atoms with E-state index in [2.05, 4.69) is 17.4 Å². The third-order valence-electron chi connectivity index (χ3n) is 5.19. The van der Waals surface area contributed by atoms with Gasteiger partial charge < -0.3 is 11.1 Å². The van der Waals surface area contributed by atoms with Crippen molar-refractivity contribution in [1.29, 1.82) is 0 Å². The Hall–Kier alpha value is -1.35. The van der Waals surface area contributed by atoms with Gasteiger partial charge in [-0.15, -0.1) is 0 Å². The summed E-state index contributed by atoms with van der Waals surface area (Å²) < 4.78 is 0. The zero-order valence-corrected chi connectivity index (χ0v) is 11.0. The molecule has 0 bridgehead atoms. The molecule has 3 aliphatic rings. The summed E-state index contributed by atoms with van der Waals surface area (Å²) in [6.07, 6.45) is 4.42. The lowest BCUT2D eigenvalue weighted by atomic mass is 10.0. The fraction of sp³-hybridized carbons (Fsp3) is 0.562. The lowest BCUT2D eigenvalue weighted by molar-refractivity contribution is -0.126. The van der Waals surface area contributed by atoms with Gasteiger partial charge in [-0.1, -0.05) is 24.3 Å². The first-order chi connectivity index (χ1) is 9.22. The molecule has 3 N–H and O–H groups in total. The van der Waals surface area contributed by atoms with Gasteiger partial charge in [-0.25, -0.2) is 0 Å². The van der Waals surface area contributed by atoms with Crippen molar-refractivity contribution in [2.24, 2.45) is 23.5 Å². The van der Waals surface area contributed by atoms with E-state index in [9.17, 15) is 4.79 Å². The summed E-state index contributed by atoms with van der Waals surface area (Å²) in [5.41, 5.74) is 8.70. The van der Waals surface area contributed by atoms with Crippen molar-refractivity contribution in [3.05, 3.63) is 35.4 Å². The van der Waals surface area contributed by atoms with E-state index in [1.807, 2.05) is 12.1 Å². The highest BCUT2D eigenvalue weighted by Crippen LogP contribution is 2.54. The van der Waals surface area contributed by atoms with Crippen molar-refractivity contribution >= 4 is 5.91 Å². The fourth-order valence-corrected chi connectivity index (χ4v) is 4.01. The number of carbonyl (C=O) groups is 1. The topological polar surface area (TPSA) is 55.1 Å². The molecule has 4 atom stereocenters. The van der Waals surface area contributed by atoms with Gasteiger partial charge in [0.15, 0.2) is 0 Å². The van der Waals surface area contributed by atoms with E-state index in [0.29, 0.717) is 0 Å². The standard InChI is InChI=1S/C16H20N2O/c17-14-8-9-3-1-2-4-13(9)15(14)18-16(19)12-6-10-5-11(10)7-12/h1-4,10-12,14-15H,5-8,17H2,(H,18,19). The molecule has 0 aromatic heterocycles. The molecule has 2 fully saturated rings. The van der Waals surface area contributed by atoms with Gasteiger partial charge in [0, 0.05) is 12.0 Å². The van der Waals surface area contributed by atoms with Crippen LogP contribution in [0.5, 0.6) is 0 Å². The molecule has 0 radical (unpaired) electrons. The minimum Gasteiger partial charge on any atom is -0.347 e. The molecule has 4 unspecified atom stereocenters. The number of carbonyl (C=O) groups excluding carboxylic acids is 1. The number of hydrogen-bond donors (Lipinski definition) is 2. The maximum Gasteiger partial charge on any atom is 0.223 e. The third-order valence-corrected chi connectivity index (χ3v) is 5.19. The minimum atomic E-state index is 0.0145. The minimum absolute atomic E-state index is 0.0145. The van der Waals surface area contributed by atoms with Crippen molar-refractivity contribution in [1.82, 2.24) is 5.32 Å². The predicted octanol–water partition coefficient (Wildman–Crippen LogP) is 1.77. The first-order valence-corrected chi connectivity index (χ1v) is 7.36. The van der Waals surface area contributed by atoms with E-state index in [1.165, 1.54) is 17.5 Å². The molecule has 0 heterocycles. The van der Waals surface area contributed by atoms with Crippen LogP contribution in [0.2, 0.25) is 0 Å². The van der Waals surface area contributed by atoms with Gasteiger partial charge in [0.05, 0.1) is 6.04 Å². The van der Waals surface area contributed by atoms with Crippen molar-refractivity contribution < 1.29 is 4.79 Å². The van der Waals surface area contributed by atoms with E-state index in [0.717, 1.165) is 31.1 Å². The second-order valence-corrected chi connectivity index (χ2v) is 6.48. The molecule has 0 spiro atoms. The molecule has 3 heteroatoms. The Morgan fingerprint density at radius 1 is 1.16 bits per heavy atom. The first-order valence-electron chi connectivity index (χ1n) is 7.36. The Morgan fingerprint density at radius 3 is 2.68 bits per heavy atom. The Morgan fingerprint density at radius 2 is 1.89 bits per heavy atom.